The van der Waals surface area contributed by atoms with Gasteiger partial charge in [-0.2, -0.15) is 0 Å². The highest BCUT2D eigenvalue weighted by molar-refractivity contribution is 6.16. The van der Waals surface area contributed by atoms with Crippen molar-refractivity contribution in [2.75, 3.05) is 14.2 Å². The lowest BCUT2D eigenvalue weighted by atomic mass is 10.4. The lowest BCUT2D eigenvalue weighted by Gasteiger charge is -2.03. The summed E-state index contributed by atoms with van der Waals surface area (Å²) >= 11 is 5.39. The van der Waals surface area contributed by atoms with Crippen LogP contribution in [0, 0.1) is 0 Å². The molecule has 1 aromatic rings. The van der Waals surface area contributed by atoms with E-state index in [4.69, 9.17) is 16.0 Å². The Hall–Kier alpha value is -0.840. The molecule has 0 aromatic carbocycles. The molecule has 0 saturated heterocycles. The molecule has 1 rings (SSSR count). The molecule has 0 radical (unpaired) electrons. The molecule has 0 amide bonds. The minimum Gasteiger partial charge on any atom is -0.457 e. The van der Waals surface area contributed by atoms with Gasteiger partial charge in [0.25, 0.3) is 0 Å². The molecule has 1 aromatic heterocycles. The topological polar surface area (TPSA) is 48.7 Å². The molecule has 0 aliphatic heterocycles. The van der Waals surface area contributed by atoms with Gasteiger partial charge in [0.2, 0.25) is 0 Å². The normalized spacial score (nSPS) is 9.67. The van der Waals surface area contributed by atoms with Crippen molar-refractivity contribution in [3.8, 4) is 0 Å². The summed E-state index contributed by atoms with van der Waals surface area (Å²) in [6.45, 7) is 1.83. The molecule has 0 bridgehead atoms. The Labute approximate surface area is 94.1 Å². The van der Waals surface area contributed by atoms with Crippen LogP contribution in [0.4, 0.5) is 0 Å². The zero-order valence-corrected chi connectivity index (χ0v) is 9.78. The summed E-state index contributed by atoms with van der Waals surface area (Å²) in [4.78, 5) is 10.00. The monoisotopic (exact) mass is 234 g/mol. The van der Waals surface area contributed by atoms with Crippen LogP contribution in [0.5, 0.6) is 0 Å². The maximum absolute atomic E-state index is 10.00. The zero-order valence-electron chi connectivity index (χ0n) is 9.03. The number of carbonyl (C=O) groups excluding carboxylic acids is 1. The first-order chi connectivity index (χ1) is 7.17. The van der Waals surface area contributed by atoms with E-state index in [-0.39, 0.29) is 6.29 Å². The second kappa shape index (κ2) is 8.47. The fourth-order valence-electron chi connectivity index (χ4n) is 0.626. The van der Waals surface area contributed by atoms with E-state index in [1.807, 2.05) is 6.92 Å². The Bertz CT molecular complexity index is 268. The van der Waals surface area contributed by atoms with Crippen molar-refractivity contribution in [2.24, 2.45) is 0 Å². The summed E-state index contributed by atoms with van der Waals surface area (Å²) in [5.74, 6) is 1.26. The smallest absolute Gasteiger partial charge is 0.185 e. The second-order valence-corrected chi connectivity index (χ2v) is 2.86. The Morgan fingerprint density at radius 3 is 2.27 bits per heavy atom. The van der Waals surface area contributed by atoms with Crippen molar-refractivity contribution in [2.45, 2.75) is 19.1 Å². The molecule has 0 fully saturated rings. The predicted octanol–water partition coefficient (Wildman–Crippen LogP) is 2.46. The van der Waals surface area contributed by atoms with Crippen molar-refractivity contribution in [3.05, 3.63) is 23.7 Å². The van der Waals surface area contributed by atoms with Crippen LogP contribution in [0.1, 0.15) is 23.2 Å². The number of hydrogen-bond acceptors (Lipinski definition) is 4. The number of hydrogen-bond donors (Lipinski definition) is 0. The summed E-state index contributed by atoms with van der Waals surface area (Å²) < 4.78 is 14.2. The highest BCUT2D eigenvalue weighted by Gasteiger charge is 1.96. The van der Waals surface area contributed by atoms with Crippen molar-refractivity contribution in [1.29, 1.82) is 0 Å². The van der Waals surface area contributed by atoms with Gasteiger partial charge in [-0.25, -0.2) is 0 Å². The lowest BCUT2D eigenvalue weighted by molar-refractivity contribution is -0.0877. The van der Waals surface area contributed by atoms with Gasteiger partial charge in [-0.3, -0.25) is 4.79 Å². The van der Waals surface area contributed by atoms with Gasteiger partial charge < -0.3 is 13.9 Å². The highest BCUT2D eigenvalue weighted by Crippen LogP contribution is 2.07. The quantitative estimate of drug-likeness (QED) is 0.456. The first-order valence-corrected chi connectivity index (χ1v) is 4.86. The third-order valence-electron chi connectivity index (χ3n) is 1.59. The van der Waals surface area contributed by atoms with Gasteiger partial charge in [-0.05, 0) is 19.1 Å². The summed E-state index contributed by atoms with van der Waals surface area (Å²) in [5.41, 5.74) is 0. The molecule has 86 valence electrons. The average molecular weight is 235 g/mol. The van der Waals surface area contributed by atoms with Crippen LogP contribution in [-0.2, 0) is 15.4 Å². The van der Waals surface area contributed by atoms with Crippen LogP contribution < -0.4 is 0 Å². The molecule has 4 nitrogen and oxygen atoms in total. The standard InChI is InChI=1S/C6H5ClO2.C4H10O2/c7-3-5-1-2-6(4-8)9-5;1-4(5-2)6-3/h1-2,4H,3H2;4H,1-3H3. The van der Waals surface area contributed by atoms with E-state index in [0.29, 0.717) is 23.7 Å². The van der Waals surface area contributed by atoms with Crippen LogP contribution in [0.15, 0.2) is 16.5 Å². The summed E-state index contributed by atoms with van der Waals surface area (Å²) in [6.07, 6.45) is 0.584. The van der Waals surface area contributed by atoms with Crippen molar-refractivity contribution < 1.29 is 18.7 Å². The van der Waals surface area contributed by atoms with Crippen molar-refractivity contribution in [1.82, 2.24) is 0 Å². The lowest BCUT2D eigenvalue weighted by Crippen LogP contribution is -2.05. The first-order valence-electron chi connectivity index (χ1n) is 4.33. The van der Waals surface area contributed by atoms with E-state index in [0.717, 1.165) is 0 Å². The Morgan fingerprint density at radius 1 is 1.47 bits per heavy atom. The van der Waals surface area contributed by atoms with Crippen LogP contribution in [0.25, 0.3) is 0 Å². The number of halogens is 1. The van der Waals surface area contributed by atoms with Crippen LogP contribution in [0.2, 0.25) is 0 Å². The molecule has 5 heteroatoms. The second-order valence-electron chi connectivity index (χ2n) is 2.59. The van der Waals surface area contributed by atoms with E-state index in [2.05, 4.69) is 9.47 Å². The number of furan rings is 1. The first kappa shape index (κ1) is 14.2. The SMILES string of the molecule is COC(C)OC.O=Cc1ccc(CCl)o1. The number of alkyl halides is 1. The third-order valence-corrected chi connectivity index (χ3v) is 1.86. The van der Waals surface area contributed by atoms with E-state index >= 15 is 0 Å². The van der Waals surface area contributed by atoms with E-state index in [1.54, 1.807) is 26.4 Å². The van der Waals surface area contributed by atoms with E-state index in [9.17, 15) is 4.79 Å². The fourth-order valence-corrected chi connectivity index (χ4v) is 0.770. The molecule has 0 saturated carbocycles. The maximum atomic E-state index is 10.00. The van der Waals surface area contributed by atoms with Gasteiger partial charge in [0.15, 0.2) is 18.3 Å². The van der Waals surface area contributed by atoms with Crippen molar-refractivity contribution in [3.63, 3.8) is 0 Å². The minimum atomic E-state index is -0.0648. The van der Waals surface area contributed by atoms with Crippen LogP contribution in [0.3, 0.4) is 0 Å². The highest BCUT2D eigenvalue weighted by atomic mass is 35.5. The number of methoxy groups -OCH3 is 2. The average Bonchev–Trinajstić information content (AvgIpc) is 2.76. The van der Waals surface area contributed by atoms with Gasteiger partial charge in [0.05, 0.1) is 5.88 Å². The molecular formula is C10H15ClO4. The van der Waals surface area contributed by atoms with Gasteiger partial charge >= 0.3 is 0 Å². The number of ether oxygens (including phenoxy) is 2. The molecule has 0 aliphatic carbocycles. The zero-order chi connectivity index (χ0) is 11.7. The molecule has 0 N–H and O–H groups in total. The molecule has 0 aliphatic rings. The Kier molecular flexibility index (Phi) is 7.99. The van der Waals surface area contributed by atoms with Crippen LogP contribution >= 0.6 is 11.6 Å². The van der Waals surface area contributed by atoms with Gasteiger partial charge in [-0.15, -0.1) is 11.6 Å². The molecule has 1 heterocycles. The largest absolute Gasteiger partial charge is 0.457 e. The Balaban J connectivity index is 0.000000288. The van der Waals surface area contributed by atoms with Crippen LogP contribution in [-0.4, -0.2) is 26.8 Å². The fraction of sp³-hybridized carbons (Fsp3) is 0.500. The van der Waals surface area contributed by atoms with Crippen molar-refractivity contribution >= 4 is 17.9 Å². The third kappa shape index (κ3) is 6.28. The minimum absolute atomic E-state index is 0.0648. The Morgan fingerprint density at radius 2 is 2.07 bits per heavy atom. The summed E-state index contributed by atoms with van der Waals surface area (Å²) in [7, 11) is 3.21. The molecule has 15 heavy (non-hydrogen) atoms. The number of aldehydes is 1. The van der Waals surface area contributed by atoms with Gasteiger partial charge in [0.1, 0.15) is 5.76 Å². The van der Waals surface area contributed by atoms with Gasteiger partial charge in [-0.1, -0.05) is 0 Å². The number of carbonyl (C=O) groups is 1. The summed E-state index contributed by atoms with van der Waals surface area (Å²) in [5, 5.41) is 0. The molecule has 0 spiro atoms. The molecule has 0 atom stereocenters. The number of rotatable bonds is 4. The van der Waals surface area contributed by atoms with Gasteiger partial charge in [0, 0.05) is 14.2 Å². The van der Waals surface area contributed by atoms with E-state index < -0.39 is 0 Å². The molecular weight excluding hydrogens is 220 g/mol. The predicted molar refractivity (Wildman–Crippen MR) is 57.1 cm³/mol. The maximum Gasteiger partial charge on any atom is 0.185 e. The summed E-state index contributed by atoms with van der Waals surface area (Å²) in [6, 6.07) is 3.27. The molecule has 0 unspecified atom stereocenters. The van der Waals surface area contributed by atoms with E-state index in [1.165, 1.54) is 0 Å².